The first-order valence-electron chi connectivity index (χ1n) is 7.83. The molecule has 0 saturated carbocycles. The first-order chi connectivity index (χ1) is 11.2. The van der Waals surface area contributed by atoms with Crippen LogP contribution in [0.1, 0.15) is 35.3 Å². The van der Waals surface area contributed by atoms with Gasteiger partial charge in [0.2, 0.25) is 0 Å². The van der Waals surface area contributed by atoms with E-state index in [-0.39, 0.29) is 11.6 Å². The molecule has 4 nitrogen and oxygen atoms in total. The number of ketones is 1. The number of carbonyl (C=O) groups excluding carboxylic acids is 1. The number of carbonyl (C=O) groups is 1. The van der Waals surface area contributed by atoms with Gasteiger partial charge in [0.05, 0.1) is 0 Å². The Balaban J connectivity index is 1.43. The van der Waals surface area contributed by atoms with Crippen molar-refractivity contribution in [2.45, 2.75) is 19.3 Å². The number of hydrogen-bond donors (Lipinski definition) is 0. The van der Waals surface area contributed by atoms with Gasteiger partial charge in [-0.3, -0.25) is 9.69 Å². The molecule has 0 atom stereocenters. The van der Waals surface area contributed by atoms with Crippen molar-refractivity contribution >= 4 is 11.4 Å². The van der Waals surface area contributed by atoms with Crippen LogP contribution in [0.25, 0.3) is 5.57 Å². The topological polar surface area (TPSA) is 46.3 Å². The number of aromatic nitrogens is 1. The van der Waals surface area contributed by atoms with E-state index in [1.165, 1.54) is 17.7 Å². The highest BCUT2D eigenvalue weighted by atomic mass is 19.1. The van der Waals surface area contributed by atoms with Gasteiger partial charge in [-0.05, 0) is 49.2 Å². The summed E-state index contributed by atoms with van der Waals surface area (Å²) in [6, 6.07) is 7.63. The maximum absolute atomic E-state index is 12.8. The van der Waals surface area contributed by atoms with Crippen LogP contribution in [0, 0.1) is 5.82 Å². The quantitative estimate of drug-likeness (QED) is 0.765. The molecular formula is C18H19FN2O2. The van der Waals surface area contributed by atoms with Crippen molar-refractivity contribution in [3.8, 4) is 0 Å². The molecule has 0 spiro atoms. The van der Waals surface area contributed by atoms with Crippen LogP contribution in [0.3, 0.4) is 0 Å². The molecular weight excluding hydrogens is 295 g/mol. The van der Waals surface area contributed by atoms with Crippen molar-refractivity contribution < 1.29 is 13.7 Å². The lowest BCUT2D eigenvalue weighted by Gasteiger charge is -2.25. The number of nitrogens with zero attached hydrogens (tertiary/aromatic N) is 2. The van der Waals surface area contributed by atoms with E-state index in [9.17, 15) is 9.18 Å². The van der Waals surface area contributed by atoms with Gasteiger partial charge in [0, 0.05) is 31.1 Å². The largest absolute Gasteiger partial charge is 0.364 e. The molecule has 120 valence electrons. The molecule has 1 aromatic heterocycles. The molecule has 0 radical (unpaired) electrons. The van der Waals surface area contributed by atoms with E-state index in [1.54, 1.807) is 18.4 Å². The lowest BCUT2D eigenvalue weighted by Crippen LogP contribution is -2.29. The molecule has 0 aliphatic carbocycles. The van der Waals surface area contributed by atoms with Gasteiger partial charge in [-0.25, -0.2) is 4.39 Å². The van der Waals surface area contributed by atoms with Gasteiger partial charge in [-0.1, -0.05) is 11.2 Å². The van der Waals surface area contributed by atoms with Crippen molar-refractivity contribution in [1.82, 2.24) is 10.1 Å². The summed E-state index contributed by atoms with van der Waals surface area (Å²) in [6.45, 7) is 2.71. The van der Waals surface area contributed by atoms with Gasteiger partial charge >= 0.3 is 0 Å². The summed E-state index contributed by atoms with van der Waals surface area (Å²) in [4.78, 5) is 14.4. The SMILES string of the molecule is O=C(CCCN1CC=C(c2ccon2)CC1)c1ccc(F)cc1. The predicted octanol–water partition coefficient (Wildman–Crippen LogP) is 3.57. The molecule has 0 amide bonds. The Bertz CT molecular complexity index is 678. The van der Waals surface area contributed by atoms with Crippen LogP contribution in [0.4, 0.5) is 4.39 Å². The molecule has 1 aliphatic rings. The van der Waals surface area contributed by atoms with Crippen molar-refractivity contribution in [2.75, 3.05) is 19.6 Å². The lowest BCUT2D eigenvalue weighted by atomic mass is 10.0. The van der Waals surface area contributed by atoms with E-state index in [4.69, 9.17) is 4.52 Å². The van der Waals surface area contributed by atoms with Crippen LogP contribution in [0.15, 0.2) is 47.2 Å². The van der Waals surface area contributed by atoms with Crippen LogP contribution in [-0.4, -0.2) is 35.5 Å². The molecule has 1 aromatic carbocycles. The number of halogens is 1. The van der Waals surface area contributed by atoms with Crippen LogP contribution in [-0.2, 0) is 0 Å². The zero-order chi connectivity index (χ0) is 16.1. The smallest absolute Gasteiger partial charge is 0.162 e. The van der Waals surface area contributed by atoms with E-state index in [2.05, 4.69) is 16.1 Å². The van der Waals surface area contributed by atoms with Crippen LogP contribution < -0.4 is 0 Å². The van der Waals surface area contributed by atoms with Gasteiger partial charge in [-0.2, -0.15) is 0 Å². The monoisotopic (exact) mass is 314 g/mol. The van der Waals surface area contributed by atoms with Gasteiger partial charge < -0.3 is 4.52 Å². The van der Waals surface area contributed by atoms with Crippen molar-refractivity contribution in [3.63, 3.8) is 0 Å². The molecule has 2 heterocycles. The summed E-state index contributed by atoms with van der Waals surface area (Å²) >= 11 is 0. The first kappa shape index (κ1) is 15.6. The fourth-order valence-corrected chi connectivity index (χ4v) is 2.77. The second-order valence-electron chi connectivity index (χ2n) is 5.70. The van der Waals surface area contributed by atoms with Gasteiger partial charge in [0.15, 0.2) is 5.78 Å². The standard InChI is InChI=1S/C18H19FN2O2/c19-16-5-3-15(4-6-16)18(22)2-1-10-21-11-7-14(8-12-21)17-9-13-23-20-17/h3-7,9,13H,1-2,8,10-12H2. The van der Waals surface area contributed by atoms with Gasteiger partial charge in [0.1, 0.15) is 17.8 Å². The highest BCUT2D eigenvalue weighted by Crippen LogP contribution is 2.20. The molecule has 1 aliphatic heterocycles. The summed E-state index contributed by atoms with van der Waals surface area (Å²) in [5, 5.41) is 3.96. The molecule has 23 heavy (non-hydrogen) atoms. The summed E-state index contributed by atoms with van der Waals surface area (Å²) in [5.41, 5.74) is 2.71. The fraction of sp³-hybridized carbons (Fsp3) is 0.333. The maximum Gasteiger partial charge on any atom is 0.162 e. The van der Waals surface area contributed by atoms with E-state index < -0.39 is 0 Å². The Labute approximate surface area is 134 Å². The second kappa shape index (κ2) is 7.33. The van der Waals surface area contributed by atoms with E-state index in [1.807, 2.05) is 6.07 Å². The first-order valence-corrected chi connectivity index (χ1v) is 7.83. The highest BCUT2D eigenvalue weighted by Gasteiger charge is 2.15. The van der Waals surface area contributed by atoms with Crippen molar-refractivity contribution in [2.24, 2.45) is 0 Å². The Morgan fingerprint density at radius 2 is 2.09 bits per heavy atom. The van der Waals surface area contributed by atoms with E-state index in [0.717, 1.165) is 38.2 Å². The zero-order valence-corrected chi connectivity index (χ0v) is 12.9. The summed E-state index contributed by atoms with van der Waals surface area (Å²) in [5.74, 6) is -0.245. The molecule has 0 N–H and O–H groups in total. The minimum atomic E-state index is -0.315. The van der Waals surface area contributed by atoms with Crippen molar-refractivity contribution in [3.05, 3.63) is 59.7 Å². The second-order valence-corrected chi connectivity index (χ2v) is 5.70. The van der Waals surface area contributed by atoms with Gasteiger partial charge in [0.25, 0.3) is 0 Å². The molecule has 3 rings (SSSR count). The molecule has 0 fully saturated rings. The molecule has 2 aromatic rings. The minimum Gasteiger partial charge on any atom is -0.364 e. The Morgan fingerprint density at radius 1 is 1.26 bits per heavy atom. The van der Waals surface area contributed by atoms with Crippen LogP contribution >= 0.6 is 0 Å². The van der Waals surface area contributed by atoms with Crippen LogP contribution in [0.2, 0.25) is 0 Å². The number of benzene rings is 1. The normalized spacial score (nSPS) is 15.4. The summed E-state index contributed by atoms with van der Waals surface area (Å²) in [7, 11) is 0. The zero-order valence-electron chi connectivity index (χ0n) is 12.9. The molecule has 0 unspecified atom stereocenters. The summed E-state index contributed by atoms with van der Waals surface area (Å²) < 4.78 is 17.7. The Morgan fingerprint density at radius 3 is 2.74 bits per heavy atom. The predicted molar refractivity (Wildman–Crippen MR) is 85.5 cm³/mol. The van der Waals surface area contributed by atoms with Gasteiger partial charge in [-0.15, -0.1) is 0 Å². The summed E-state index contributed by atoms with van der Waals surface area (Å²) in [6.07, 6.45) is 6.00. The fourth-order valence-electron chi connectivity index (χ4n) is 2.77. The maximum atomic E-state index is 12.8. The van der Waals surface area contributed by atoms with E-state index in [0.29, 0.717) is 12.0 Å². The Hall–Kier alpha value is -2.27. The number of hydrogen-bond acceptors (Lipinski definition) is 4. The van der Waals surface area contributed by atoms with Crippen molar-refractivity contribution in [1.29, 1.82) is 0 Å². The third-order valence-corrected chi connectivity index (χ3v) is 4.10. The van der Waals surface area contributed by atoms with E-state index >= 15 is 0 Å². The molecule has 0 saturated heterocycles. The third-order valence-electron chi connectivity index (χ3n) is 4.10. The number of rotatable bonds is 6. The molecule has 0 bridgehead atoms. The number of Topliss-reactive ketones (excluding diaryl/α,β-unsaturated/α-hetero) is 1. The minimum absolute atomic E-state index is 0.0702. The third kappa shape index (κ3) is 4.13. The average Bonchev–Trinajstić information content (AvgIpc) is 3.10. The Kier molecular flexibility index (Phi) is 4.98. The average molecular weight is 314 g/mol. The van der Waals surface area contributed by atoms with Crippen LogP contribution in [0.5, 0.6) is 0 Å². The highest BCUT2D eigenvalue weighted by molar-refractivity contribution is 5.95. The lowest BCUT2D eigenvalue weighted by molar-refractivity contribution is 0.0975. The molecule has 5 heteroatoms.